The molecule has 0 saturated carbocycles. The molecule has 0 aliphatic rings. The Morgan fingerprint density at radius 2 is 1.87 bits per heavy atom. The third-order valence-electron chi connectivity index (χ3n) is 3.44. The molecule has 2 amide bonds. The molecule has 1 rings (SSSR count). The van der Waals surface area contributed by atoms with E-state index < -0.39 is 10.8 Å². The zero-order valence-electron chi connectivity index (χ0n) is 13.6. The highest BCUT2D eigenvalue weighted by Crippen LogP contribution is 2.13. The zero-order chi connectivity index (χ0) is 17.2. The van der Waals surface area contributed by atoms with E-state index in [-0.39, 0.29) is 23.7 Å². The molecule has 1 heterocycles. The van der Waals surface area contributed by atoms with E-state index in [0.29, 0.717) is 12.1 Å². The molecule has 0 spiro atoms. The molecule has 0 radical (unpaired) electrons. The second-order valence-electron chi connectivity index (χ2n) is 5.36. The monoisotopic (exact) mass is 321 g/mol. The second-order valence-corrected chi connectivity index (χ2v) is 5.36. The van der Waals surface area contributed by atoms with E-state index in [1.54, 1.807) is 6.92 Å². The van der Waals surface area contributed by atoms with Crippen molar-refractivity contribution in [3.63, 3.8) is 0 Å². The highest BCUT2D eigenvalue weighted by atomic mass is 16.6. The Hall–Kier alpha value is -2.31. The van der Waals surface area contributed by atoms with E-state index in [2.05, 4.69) is 17.2 Å². The van der Waals surface area contributed by atoms with E-state index in [0.717, 1.165) is 38.2 Å². The van der Waals surface area contributed by atoms with Gasteiger partial charge in [-0.15, -0.1) is 0 Å². The van der Waals surface area contributed by atoms with Crippen LogP contribution in [0.15, 0.2) is 12.1 Å². The maximum Gasteiger partial charge on any atom is 0.364 e. The topological polar surface area (TPSA) is 102 Å². The molecule has 0 fully saturated rings. The lowest BCUT2D eigenvalue weighted by molar-refractivity contribution is -0.389. The maximum atomic E-state index is 12.1. The van der Waals surface area contributed by atoms with Crippen molar-refractivity contribution in [1.82, 2.24) is 10.3 Å². The van der Waals surface area contributed by atoms with Crippen LogP contribution in [0.2, 0.25) is 0 Å². The summed E-state index contributed by atoms with van der Waals surface area (Å²) in [7, 11) is 0. The number of unbranched alkanes of at least 4 members (excludes halogenated alkanes) is 4. The molecule has 1 N–H and O–H groups in total. The van der Waals surface area contributed by atoms with Crippen LogP contribution in [0.4, 0.5) is 5.82 Å². The lowest BCUT2D eigenvalue weighted by Gasteiger charge is -2.05. The molecule has 7 heteroatoms. The molecular weight excluding hydrogens is 298 g/mol. The van der Waals surface area contributed by atoms with Gasteiger partial charge in [0.05, 0.1) is 5.56 Å². The number of rotatable bonds is 9. The van der Waals surface area contributed by atoms with Crippen molar-refractivity contribution in [2.75, 3.05) is 0 Å². The van der Waals surface area contributed by atoms with Gasteiger partial charge in [0.1, 0.15) is 0 Å². The number of nitrogens with one attached hydrogen (secondary N) is 1. The highest BCUT2D eigenvalue weighted by Gasteiger charge is 2.18. The number of carbonyl (C=O) groups excluding carboxylic acids is 2. The number of nitro groups is 1. The molecule has 23 heavy (non-hydrogen) atoms. The fourth-order valence-corrected chi connectivity index (χ4v) is 2.13. The number of nitrogens with zero attached hydrogens (tertiary/aromatic N) is 2. The minimum atomic E-state index is -0.647. The Bertz CT molecular complexity index is 572. The van der Waals surface area contributed by atoms with Gasteiger partial charge in [-0.3, -0.25) is 14.9 Å². The van der Waals surface area contributed by atoms with Crippen LogP contribution >= 0.6 is 0 Å². The number of aryl methyl sites for hydroxylation is 1. The largest absolute Gasteiger partial charge is 0.364 e. The van der Waals surface area contributed by atoms with Crippen LogP contribution in [-0.4, -0.2) is 21.7 Å². The van der Waals surface area contributed by atoms with Crippen LogP contribution in [0.5, 0.6) is 0 Å². The lowest BCUT2D eigenvalue weighted by atomic mass is 10.1. The van der Waals surface area contributed by atoms with Gasteiger partial charge in [-0.25, -0.2) is 0 Å². The highest BCUT2D eigenvalue weighted by molar-refractivity contribution is 6.04. The quantitative estimate of drug-likeness (QED) is 0.427. The lowest BCUT2D eigenvalue weighted by Crippen LogP contribution is -2.30. The second kappa shape index (κ2) is 9.66. The summed E-state index contributed by atoms with van der Waals surface area (Å²) < 4.78 is 0. The van der Waals surface area contributed by atoms with Crippen molar-refractivity contribution in [1.29, 1.82) is 0 Å². The van der Waals surface area contributed by atoms with E-state index >= 15 is 0 Å². The van der Waals surface area contributed by atoms with Gasteiger partial charge in [-0.05, 0) is 22.4 Å². The van der Waals surface area contributed by atoms with Crippen LogP contribution < -0.4 is 5.32 Å². The first kappa shape index (κ1) is 18.7. The molecule has 0 aromatic carbocycles. The zero-order valence-corrected chi connectivity index (χ0v) is 13.6. The van der Waals surface area contributed by atoms with Crippen LogP contribution in [0.25, 0.3) is 0 Å². The maximum absolute atomic E-state index is 12.1. The molecule has 0 bridgehead atoms. The molecule has 0 saturated heterocycles. The first-order chi connectivity index (χ1) is 11.0. The Morgan fingerprint density at radius 3 is 2.48 bits per heavy atom. The van der Waals surface area contributed by atoms with Crippen molar-refractivity contribution >= 4 is 17.6 Å². The molecule has 0 aliphatic carbocycles. The van der Waals surface area contributed by atoms with E-state index in [1.165, 1.54) is 6.07 Å². The summed E-state index contributed by atoms with van der Waals surface area (Å²) in [5.41, 5.74) is 0.527. The van der Waals surface area contributed by atoms with Crippen molar-refractivity contribution in [2.45, 2.75) is 58.8 Å². The van der Waals surface area contributed by atoms with Crippen molar-refractivity contribution in [2.24, 2.45) is 0 Å². The summed E-state index contributed by atoms with van der Waals surface area (Å²) in [6.45, 7) is 3.90. The summed E-state index contributed by atoms with van der Waals surface area (Å²) >= 11 is 0. The van der Waals surface area contributed by atoms with Crippen LogP contribution in [0.1, 0.15) is 68.4 Å². The first-order valence-electron chi connectivity index (χ1n) is 7.97. The number of amides is 2. The summed E-state index contributed by atoms with van der Waals surface area (Å²) in [6.07, 6.45) is 5.78. The third kappa shape index (κ3) is 6.54. The minimum absolute atomic E-state index is 0.0860. The fourth-order valence-electron chi connectivity index (χ4n) is 2.13. The minimum Gasteiger partial charge on any atom is -0.358 e. The Kier molecular flexibility index (Phi) is 7.87. The Balaban J connectivity index is 2.61. The standard InChI is InChI=1S/C16H23N3O4/c1-3-5-6-7-8-9-15(20)18-16(21)12-10-13(4-2)17-14(11-12)19(22)23/h10-11H,3-9H2,1-2H3,(H,18,20,21). The number of hydrogen-bond donors (Lipinski definition) is 1. The predicted octanol–water partition coefficient (Wildman–Crippen LogP) is 3.17. The van der Waals surface area contributed by atoms with Gasteiger partial charge in [-0.2, -0.15) is 0 Å². The molecule has 1 aromatic rings. The van der Waals surface area contributed by atoms with Crippen molar-refractivity contribution in [3.05, 3.63) is 33.5 Å². The molecule has 7 nitrogen and oxygen atoms in total. The predicted molar refractivity (Wildman–Crippen MR) is 86.1 cm³/mol. The average Bonchev–Trinajstić information content (AvgIpc) is 2.54. The fraction of sp³-hybridized carbons (Fsp3) is 0.562. The van der Waals surface area contributed by atoms with Gasteiger partial charge < -0.3 is 10.1 Å². The van der Waals surface area contributed by atoms with Gasteiger partial charge in [0.25, 0.3) is 5.91 Å². The van der Waals surface area contributed by atoms with Crippen LogP contribution in [-0.2, 0) is 11.2 Å². The van der Waals surface area contributed by atoms with E-state index in [9.17, 15) is 19.7 Å². The van der Waals surface area contributed by atoms with Crippen LogP contribution in [0, 0.1) is 10.1 Å². The summed E-state index contributed by atoms with van der Waals surface area (Å²) in [6, 6.07) is 2.56. The van der Waals surface area contributed by atoms with Gasteiger partial charge in [0.2, 0.25) is 5.91 Å². The number of pyridine rings is 1. The van der Waals surface area contributed by atoms with Crippen molar-refractivity contribution in [3.8, 4) is 0 Å². The normalized spacial score (nSPS) is 10.3. The van der Waals surface area contributed by atoms with Gasteiger partial charge in [0.15, 0.2) is 5.69 Å². The van der Waals surface area contributed by atoms with Crippen molar-refractivity contribution < 1.29 is 14.5 Å². The number of carbonyl (C=O) groups is 2. The molecule has 0 atom stereocenters. The number of imide groups is 1. The Labute approximate surface area is 135 Å². The molecule has 1 aromatic heterocycles. The first-order valence-corrected chi connectivity index (χ1v) is 7.97. The van der Waals surface area contributed by atoms with Gasteiger partial charge in [-0.1, -0.05) is 39.5 Å². The summed E-state index contributed by atoms with van der Waals surface area (Å²) in [4.78, 5) is 37.8. The Morgan fingerprint density at radius 1 is 1.17 bits per heavy atom. The molecule has 126 valence electrons. The average molecular weight is 321 g/mol. The SMILES string of the molecule is CCCCCCCC(=O)NC(=O)c1cc(CC)nc([N+](=O)[O-])c1. The van der Waals surface area contributed by atoms with E-state index in [4.69, 9.17) is 0 Å². The van der Waals surface area contributed by atoms with Crippen LogP contribution in [0.3, 0.4) is 0 Å². The smallest absolute Gasteiger partial charge is 0.358 e. The van der Waals surface area contributed by atoms with Gasteiger partial charge in [0, 0.05) is 18.9 Å². The molecule has 0 aliphatic heterocycles. The van der Waals surface area contributed by atoms with E-state index in [1.807, 2.05) is 0 Å². The third-order valence-corrected chi connectivity index (χ3v) is 3.44. The molecular formula is C16H23N3O4. The molecule has 0 unspecified atom stereocenters. The van der Waals surface area contributed by atoms with Gasteiger partial charge >= 0.3 is 5.82 Å². The summed E-state index contributed by atoms with van der Waals surface area (Å²) in [5, 5.41) is 13.1. The summed E-state index contributed by atoms with van der Waals surface area (Å²) in [5.74, 6) is -1.37. The number of aromatic nitrogens is 1. The number of hydrogen-bond acceptors (Lipinski definition) is 5.